The van der Waals surface area contributed by atoms with Crippen molar-refractivity contribution in [3.63, 3.8) is 0 Å². The summed E-state index contributed by atoms with van der Waals surface area (Å²) in [6, 6.07) is 6.51. The van der Waals surface area contributed by atoms with E-state index in [9.17, 15) is 0 Å². The Morgan fingerprint density at radius 3 is 3.00 bits per heavy atom. The average molecular weight is 306 g/mol. The Labute approximate surface area is 132 Å². The minimum atomic E-state index is 0.147. The van der Waals surface area contributed by atoms with Gasteiger partial charge in [0.05, 0.1) is 7.11 Å². The quantitative estimate of drug-likeness (QED) is 0.930. The van der Waals surface area contributed by atoms with Crippen molar-refractivity contribution in [2.24, 2.45) is 5.73 Å². The Hall–Kier alpha value is -0.710. The van der Waals surface area contributed by atoms with E-state index >= 15 is 0 Å². The number of methoxy groups -OCH3 is 1. The van der Waals surface area contributed by atoms with Crippen molar-refractivity contribution in [2.75, 3.05) is 32.5 Å². The van der Waals surface area contributed by atoms with Crippen LogP contribution in [-0.4, -0.2) is 48.2 Å². The molecule has 1 fully saturated rings. The van der Waals surface area contributed by atoms with E-state index in [1.165, 1.54) is 36.4 Å². The third-order valence-electron chi connectivity index (χ3n) is 5.08. The van der Waals surface area contributed by atoms with Gasteiger partial charge in [0.25, 0.3) is 0 Å². The topological polar surface area (TPSA) is 38.5 Å². The first-order valence-electron chi connectivity index (χ1n) is 7.89. The first kappa shape index (κ1) is 15.2. The highest BCUT2D eigenvalue weighted by molar-refractivity contribution is 7.99. The molecule has 0 radical (unpaired) electrons. The number of nitrogens with two attached hydrogens (primary N) is 1. The fraction of sp³-hybridized carbons (Fsp3) is 0.647. The highest BCUT2D eigenvalue weighted by atomic mass is 32.2. The molecule has 0 aromatic heterocycles. The fourth-order valence-corrected chi connectivity index (χ4v) is 4.78. The maximum atomic E-state index is 6.26. The molecule has 0 amide bonds. The lowest BCUT2D eigenvalue weighted by Crippen LogP contribution is -2.60. The molecule has 1 aliphatic heterocycles. The van der Waals surface area contributed by atoms with Crippen LogP contribution in [0.4, 0.5) is 0 Å². The number of aryl methyl sites for hydroxylation is 1. The molecule has 1 saturated heterocycles. The molecule has 21 heavy (non-hydrogen) atoms. The smallest absolute Gasteiger partial charge is 0.119 e. The van der Waals surface area contributed by atoms with Gasteiger partial charge in [-0.3, -0.25) is 4.90 Å². The SMILES string of the molecule is COc1ccc2c(c1)CC(CN)(N1CCSC(C)C1)CC2. The summed E-state index contributed by atoms with van der Waals surface area (Å²) in [5, 5.41) is 0.717. The van der Waals surface area contributed by atoms with Crippen LogP contribution in [0, 0.1) is 0 Å². The second-order valence-electron chi connectivity index (χ2n) is 6.37. The molecule has 2 N–H and O–H groups in total. The van der Waals surface area contributed by atoms with Crippen molar-refractivity contribution in [1.29, 1.82) is 0 Å². The largest absolute Gasteiger partial charge is 0.497 e. The molecular formula is C17H26N2OS. The van der Waals surface area contributed by atoms with Crippen molar-refractivity contribution >= 4 is 11.8 Å². The zero-order chi connectivity index (χ0) is 14.9. The lowest BCUT2D eigenvalue weighted by Gasteiger charge is -2.49. The Kier molecular flexibility index (Phi) is 4.48. The summed E-state index contributed by atoms with van der Waals surface area (Å²) in [5.74, 6) is 2.19. The number of thioether (sulfide) groups is 1. The summed E-state index contributed by atoms with van der Waals surface area (Å²) in [6.07, 6.45) is 3.38. The number of rotatable bonds is 3. The van der Waals surface area contributed by atoms with Crippen LogP contribution in [0.15, 0.2) is 18.2 Å². The number of hydrogen-bond donors (Lipinski definition) is 1. The van der Waals surface area contributed by atoms with E-state index in [1.54, 1.807) is 7.11 Å². The molecule has 0 bridgehead atoms. The Morgan fingerprint density at radius 2 is 2.29 bits per heavy atom. The van der Waals surface area contributed by atoms with Gasteiger partial charge in [0, 0.05) is 36.2 Å². The summed E-state index contributed by atoms with van der Waals surface area (Å²) in [5.41, 5.74) is 9.31. The standard InChI is InChI=1S/C17H26N2OS/c1-13-11-19(7-8-21-13)17(12-18)6-5-14-3-4-16(20-2)9-15(14)10-17/h3-4,9,13H,5-8,10-12,18H2,1-2H3. The summed E-state index contributed by atoms with van der Waals surface area (Å²) in [4.78, 5) is 2.66. The molecule has 1 heterocycles. The second-order valence-corrected chi connectivity index (χ2v) is 7.91. The van der Waals surface area contributed by atoms with Crippen molar-refractivity contribution < 1.29 is 4.74 Å². The molecule has 3 nitrogen and oxygen atoms in total. The van der Waals surface area contributed by atoms with E-state index in [0.717, 1.165) is 25.1 Å². The maximum Gasteiger partial charge on any atom is 0.119 e. The average Bonchev–Trinajstić information content (AvgIpc) is 2.53. The monoisotopic (exact) mass is 306 g/mol. The predicted molar refractivity (Wildman–Crippen MR) is 90.3 cm³/mol. The normalized spacial score (nSPS) is 30.0. The van der Waals surface area contributed by atoms with Gasteiger partial charge in [-0.25, -0.2) is 0 Å². The Bertz CT molecular complexity index is 508. The number of hydrogen-bond acceptors (Lipinski definition) is 4. The minimum absolute atomic E-state index is 0.147. The maximum absolute atomic E-state index is 6.26. The third kappa shape index (κ3) is 2.94. The van der Waals surface area contributed by atoms with E-state index in [-0.39, 0.29) is 5.54 Å². The molecule has 2 atom stereocenters. The summed E-state index contributed by atoms with van der Waals surface area (Å²) >= 11 is 2.08. The van der Waals surface area contributed by atoms with Gasteiger partial charge in [-0.2, -0.15) is 11.8 Å². The van der Waals surface area contributed by atoms with Crippen LogP contribution in [0.5, 0.6) is 5.75 Å². The lowest BCUT2D eigenvalue weighted by atomic mass is 9.76. The van der Waals surface area contributed by atoms with E-state index in [1.807, 2.05) is 0 Å². The highest BCUT2D eigenvalue weighted by Gasteiger charge is 2.40. The molecule has 4 heteroatoms. The van der Waals surface area contributed by atoms with Gasteiger partial charge >= 0.3 is 0 Å². The first-order chi connectivity index (χ1) is 10.2. The van der Waals surface area contributed by atoms with Gasteiger partial charge in [-0.05, 0) is 42.5 Å². The molecule has 1 aromatic carbocycles. The number of benzene rings is 1. The third-order valence-corrected chi connectivity index (χ3v) is 6.22. The number of fused-ring (bicyclic) bond motifs is 1. The van der Waals surface area contributed by atoms with E-state index in [2.05, 4.69) is 41.8 Å². The Morgan fingerprint density at radius 1 is 1.43 bits per heavy atom. The molecule has 1 aromatic rings. The molecule has 0 saturated carbocycles. The highest BCUT2D eigenvalue weighted by Crippen LogP contribution is 2.36. The lowest BCUT2D eigenvalue weighted by molar-refractivity contribution is 0.0839. The van der Waals surface area contributed by atoms with Crippen LogP contribution in [0.2, 0.25) is 0 Å². The van der Waals surface area contributed by atoms with Crippen LogP contribution in [0.25, 0.3) is 0 Å². The van der Waals surface area contributed by atoms with Gasteiger partial charge in [0.15, 0.2) is 0 Å². The van der Waals surface area contributed by atoms with Gasteiger partial charge in [-0.1, -0.05) is 13.0 Å². The Balaban J connectivity index is 1.86. The number of nitrogens with zero attached hydrogens (tertiary/aromatic N) is 1. The molecule has 3 rings (SSSR count). The molecule has 1 aliphatic carbocycles. The zero-order valence-corrected chi connectivity index (χ0v) is 13.9. The van der Waals surface area contributed by atoms with Gasteiger partial charge < -0.3 is 10.5 Å². The van der Waals surface area contributed by atoms with Crippen LogP contribution in [-0.2, 0) is 12.8 Å². The molecule has 0 spiro atoms. The van der Waals surface area contributed by atoms with Crippen molar-refractivity contribution in [3.05, 3.63) is 29.3 Å². The predicted octanol–water partition coefficient (Wildman–Crippen LogP) is 2.32. The first-order valence-corrected chi connectivity index (χ1v) is 8.94. The van der Waals surface area contributed by atoms with E-state index in [4.69, 9.17) is 10.5 Å². The zero-order valence-electron chi connectivity index (χ0n) is 13.1. The summed E-state index contributed by atoms with van der Waals surface area (Å²) in [6.45, 7) is 5.43. The second kappa shape index (κ2) is 6.19. The minimum Gasteiger partial charge on any atom is -0.497 e. The number of ether oxygens (including phenoxy) is 1. The fourth-order valence-electron chi connectivity index (χ4n) is 3.77. The molecular weight excluding hydrogens is 280 g/mol. The molecule has 2 unspecified atom stereocenters. The van der Waals surface area contributed by atoms with E-state index < -0.39 is 0 Å². The summed E-state index contributed by atoms with van der Waals surface area (Å²) in [7, 11) is 1.74. The van der Waals surface area contributed by atoms with Crippen LogP contribution in [0.3, 0.4) is 0 Å². The van der Waals surface area contributed by atoms with Crippen molar-refractivity contribution in [1.82, 2.24) is 4.90 Å². The van der Waals surface area contributed by atoms with Crippen LogP contribution >= 0.6 is 11.8 Å². The van der Waals surface area contributed by atoms with Gasteiger partial charge in [-0.15, -0.1) is 0 Å². The van der Waals surface area contributed by atoms with Gasteiger partial charge in [0.1, 0.15) is 5.75 Å². The molecule has 116 valence electrons. The van der Waals surface area contributed by atoms with E-state index in [0.29, 0.717) is 5.25 Å². The van der Waals surface area contributed by atoms with Gasteiger partial charge in [0.2, 0.25) is 0 Å². The molecule has 2 aliphatic rings. The summed E-state index contributed by atoms with van der Waals surface area (Å²) < 4.78 is 5.40. The van der Waals surface area contributed by atoms with Crippen LogP contribution in [0.1, 0.15) is 24.5 Å². The van der Waals surface area contributed by atoms with Crippen molar-refractivity contribution in [2.45, 2.75) is 37.0 Å². The van der Waals surface area contributed by atoms with Crippen molar-refractivity contribution in [3.8, 4) is 5.75 Å². The van der Waals surface area contributed by atoms with Crippen LogP contribution < -0.4 is 10.5 Å².